The van der Waals surface area contributed by atoms with Gasteiger partial charge in [0.25, 0.3) is 0 Å². The third-order valence-electron chi connectivity index (χ3n) is 1.38. The first kappa shape index (κ1) is 7.54. The Bertz CT molecular complexity index is 144. The highest BCUT2D eigenvalue weighted by Gasteiger charge is 2.32. The van der Waals surface area contributed by atoms with Crippen LogP contribution in [0, 0.1) is 5.92 Å². The zero-order valence-electron chi connectivity index (χ0n) is 6.35. The highest BCUT2D eigenvalue weighted by Crippen LogP contribution is 2.29. The summed E-state index contributed by atoms with van der Waals surface area (Å²) in [6.45, 7) is 3.13. The molecule has 0 saturated heterocycles. The van der Waals surface area contributed by atoms with Gasteiger partial charge in [0.2, 0.25) is 5.91 Å². The van der Waals surface area contributed by atoms with Crippen molar-refractivity contribution in [2.24, 2.45) is 5.92 Å². The molecule has 0 radical (unpaired) electrons. The monoisotopic (exact) mass is 143 g/mol. The number of carbonyl (C=O) groups excluding carboxylic acids is 1. The van der Waals surface area contributed by atoms with Crippen LogP contribution in [0.4, 0.5) is 0 Å². The molecule has 0 unspecified atom stereocenters. The fourth-order valence-electron chi connectivity index (χ4n) is 0.749. The lowest BCUT2D eigenvalue weighted by Gasteiger charge is -2.18. The molecule has 1 aliphatic rings. The third kappa shape index (κ3) is 2.35. The van der Waals surface area contributed by atoms with Crippen LogP contribution in [0.5, 0.6) is 0 Å². The second kappa shape index (κ2) is 2.23. The van der Waals surface area contributed by atoms with Crippen molar-refractivity contribution in [3.63, 3.8) is 0 Å². The van der Waals surface area contributed by atoms with Gasteiger partial charge >= 0.3 is 0 Å². The Morgan fingerprint density at radius 2 is 2.10 bits per heavy atom. The van der Waals surface area contributed by atoms with Crippen LogP contribution in [0.2, 0.25) is 0 Å². The van der Waals surface area contributed by atoms with Gasteiger partial charge in [-0.2, -0.15) is 0 Å². The molecule has 1 aliphatic carbocycles. The van der Waals surface area contributed by atoms with Crippen molar-refractivity contribution >= 4 is 5.91 Å². The molecule has 0 aromatic heterocycles. The number of amides is 1. The fourth-order valence-corrected chi connectivity index (χ4v) is 0.749. The average Bonchev–Trinajstić information content (AvgIpc) is 2.35. The lowest BCUT2D eigenvalue weighted by Crippen LogP contribution is -2.43. The average molecular weight is 143 g/mol. The molecular weight excluding hydrogens is 130 g/mol. The van der Waals surface area contributed by atoms with Crippen molar-refractivity contribution in [2.45, 2.75) is 32.4 Å². The molecular formula is C7H13NO2. The van der Waals surface area contributed by atoms with Crippen molar-refractivity contribution in [1.29, 1.82) is 0 Å². The molecule has 1 saturated carbocycles. The lowest BCUT2D eigenvalue weighted by molar-refractivity contribution is -0.128. The maximum Gasteiger partial charge on any atom is 0.225 e. The minimum absolute atomic E-state index is 0.0208. The molecule has 0 heterocycles. The molecule has 0 spiro atoms. The van der Waals surface area contributed by atoms with Crippen molar-refractivity contribution in [1.82, 2.24) is 5.32 Å². The van der Waals surface area contributed by atoms with Gasteiger partial charge in [-0.1, -0.05) is 0 Å². The zero-order valence-corrected chi connectivity index (χ0v) is 6.35. The second-order valence-corrected chi connectivity index (χ2v) is 3.32. The summed E-state index contributed by atoms with van der Waals surface area (Å²) >= 11 is 0. The SMILES string of the molecule is CC(C)(O)NC(=O)C1CC1. The van der Waals surface area contributed by atoms with E-state index in [1.807, 2.05) is 0 Å². The van der Waals surface area contributed by atoms with Crippen molar-refractivity contribution < 1.29 is 9.90 Å². The Morgan fingerprint density at radius 1 is 1.60 bits per heavy atom. The van der Waals surface area contributed by atoms with Gasteiger partial charge in [-0.3, -0.25) is 4.79 Å². The predicted octanol–water partition coefficient (Wildman–Crippen LogP) is 0.241. The van der Waals surface area contributed by atoms with Crippen LogP contribution in [0.3, 0.4) is 0 Å². The first-order valence-electron chi connectivity index (χ1n) is 3.53. The van der Waals surface area contributed by atoms with Crippen LogP contribution >= 0.6 is 0 Å². The van der Waals surface area contributed by atoms with E-state index < -0.39 is 5.72 Å². The largest absolute Gasteiger partial charge is 0.372 e. The lowest BCUT2D eigenvalue weighted by atomic mass is 10.3. The molecule has 1 amide bonds. The van der Waals surface area contributed by atoms with Gasteiger partial charge in [0.05, 0.1) is 0 Å². The molecule has 0 aromatic carbocycles. The quantitative estimate of drug-likeness (QED) is 0.544. The van der Waals surface area contributed by atoms with Gasteiger partial charge in [-0.05, 0) is 26.7 Å². The zero-order chi connectivity index (χ0) is 7.78. The highest BCUT2D eigenvalue weighted by atomic mass is 16.3. The van der Waals surface area contributed by atoms with E-state index in [2.05, 4.69) is 5.32 Å². The Hall–Kier alpha value is -0.570. The molecule has 0 bridgehead atoms. The number of hydrogen-bond donors (Lipinski definition) is 2. The van der Waals surface area contributed by atoms with E-state index in [0.717, 1.165) is 12.8 Å². The number of rotatable bonds is 2. The molecule has 0 aliphatic heterocycles. The van der Waals surface area contributed by atoms with Gasteiger partial charge in [0.15, 0.2) is 0 Å². The van der Waals surface area contributed by atoms with E-state index in [9.17, 15) is 4.79 Å². The van der Waals surface area contributed by atoms with E-state index >= 15 is 0 Å². The Morgan fingerprint density at radius 3 is 2.40 bits per heavy atom. The number of carbonyl (C=O) groups is 1. The number of aliphatic hydroxyl groups is 1. The van der Waals surface area contributed by atoms with Gasteiger partial charge in [-0.25, -0.2) is 0 Å². The fraction of sp³-hybridized carbons (Fsp3) is 0.857. The Kier molecular flexibility index (Phi) is 1.68. The molecule has 10 heavy (non-hydrogen) atoms. The number of hydrogen-bond acceptors (Lipinski definition) is 2. The van der Waals surface area contributed by atoms with Crippen LogP contribution in [-0.2, 0) is 4.79 Å². The van der Waals surface area contributed by atoms with E-state index in [4.69, 9.17) is 5.11 Å². The van der Waals surface area contributed by atoms with Crippen LogP contribution in [0.15, 0.2) is 0 Å². The van der Waals surface area contributed by atoms with E-state index in [1.165, 1.54) is 0 Å². The first-order valence-corrected chi connectivity index (χ1v) is 3.53. The van der Waals surface area contributed by atoms with Crippen LogP contribution < -0.4 is 5.32 Å². The summed E-state index contributed by atoms with van der Waals surface area (Å²) < 4.78 is 0. The van der Waals surface area contributed by atoms with E-state index in [-0.39, 0.29) is 11.8 Å². The summed E-state index contributed by atoms with van der Waals surface area (Å²) in [5, 5.41) is 11.6. The van der Waals surface area contributed by atoms with Crippen molar-refractivity contribution in [3.05, 3.63) is 0 Å². The summed E-state index contributed by atoms with van der Waals surface area (Å²) in [4.78, 5) is 10.9. The molecule has 0 atom stereocenters. The topological polar surface area (TPSA) is 49.3 Å². The normalized spacial score (nSPS) is 18.7. The Balaban J connectivity index is 2.30. The minimum Gasteiger partial charge on any atom is -0.372 e. The smallest absolute Gasteiger partial charge is 0.225 e. The molecule has 3 nitrogen and oxygen atoms in total. The van der Waals surface area contributed by atoms with E-state index in [1.54, 1.807) is 13.8 Å². The standard InChI is InChI=1S/C7H13NO2/c1-7(2,10)8-6(9)5-3-4-5/h5,10H,3-4H2,1-2H3,(H,8,9). The van der Waals surface area contributed by atoms with Crippen molar-refractivity contribution in [2.75, 3.05) is 0 Å². The van der Waals surface area contributed by atoms with Gasteiger partial charge in [0.1, 0.15) is 5.72 Å². The molecule has 58 valence electrons. The molecule has 3 heteroatoms. The highest BCUT2D eigenvalue weighted by molar-refractivity contribution is 5.81. The van der Waals surface area contributed by atoms with Crippen LogP contribution in [-0.4, -0.2) is 16.7 Å². The molecule has 1 rings (SSSR count). The van der Waals surface area contributed by atoms with Gasteiger partial charge in [0, 0.05) is 5.92 Å². The molecule has 2 N–H and O–H groups in total. The summed E-state index contributed by atoms with van der Waals surface area (Å²) in [5.74, 6) is 0.152. The molecule has 1 fully saturated rings. The van der Waals surface area contributed by atoms with Crippen LogP contribution in [0.25, 0.3) is 0 Å². The summed E-state index contributed by atoms with van der Waals surface area (Å²) in [6.07, 6.45) is 1.95. The summed E-state index contributed by atoms with van der Waals surface area (Å²) in [6, 6.07) is 0. The Labute approximate surface area is 60.4 Å². The van der Waals surface area contributed by atoms with Crippen molar-refractivity contribution in [3.8, 4) is 0 Å². The summed E-state index contributed by atoms with van der Waals surface area (Å²) in [7, 11) is 0. The first-order chi connectivity index (χ1) is 4.49. The maximum absolute atomic E-state index is 10.9. The minimum atomic E-state index is -1.06. The van der Waals surface area contributed by atoms with E-state index in [0.29, 0.717) is 0 Å². The second-order valence-electron chi connectivity index (χ2n) is 3.32. The van der Waals surface area contributed by atoms with Crippen LogP contribution in [0.1, 0.15) is 26.7 Å². The summed E-state index contributed by atoms with van der Waals surface area (Å²) in [5.41, 5.74) is -1.06. The predicted molar refractivity (Wildman–Crippen MR) is 37.2 cm³/mol. The van der Waals surface area contributed by atoms with Gasteiger partial charge < -0.3 is 10.4 Å². The van der Waals surface area contributed by atoms with Gasteiger partial charge in [-0.15, -0.1) is 0 Å². The molecule has 0 aromatic rings. The third-order valence-corrected chi connectivity index (χ3v) is 1.38. The maximum atomic E-state index is 10.9. The number of nitrogens with one attached hydrogen (secondary N) is 1.